The number of carbonyl (C=O) groups excluding carboxylic acids is 2. The zero-order valence-electron chi connectivity index (χ0n) is 10.2. The van der Waals surface area contributed by atoms with Gasteiger partial charge in [-0.2, -0.15) is 0 Å². The molecule has 0 aliphatic carbocycles. The predicted molar refractivity (Wildman–Crippen MR) is 63.7 cm³/mol. The fourth-order valence-corrected chi connectivity index (χ4v) is 1.97. The van der Waals surface area contributed by atoms with Crippen molar-refractivity contribution >= 4 is 23.5 Å². The number of rotatable bonds is 3. The van der Waals surface area contributed by atoms with Crippen LogP contribution < -0.4 is 4.90 Å². The molecular formula is C12H12N2O5. The molecule has 1 amide bonds. The van der Waals surface area contributed by atoms with Crippen LogP contribution in [0.4, 0.5) is 5.69 Å². The number of carboxylic acids is 1. The number of aromatic nitrogens is 1. The first-order chi connectivity index (χ1) is 9.02. The lowest BCUT2D eigenvalue weighted by Gasteiger charge is -2.16. The number of ether oxygens (including phenoxy) is 1. The number of aromatic carboxylic acids is 1. The monoisotopic (exact) mass is 264 g/mol. The normalized spacial score (nSPS) is 18.5. The summed E-state index contributed by atoms with van der Waals surface area (Å²) >= 11 is 0. The number of esters is 1. The Morgan fingerprint density at radius 2 is 2.21 bits per heavy atom. The Morgan fingerprint density at radius 3 is 2.84 bits per heavy atom. The van der Waals surface area contributed by atoms with E-state index in [0.717, 1.165) is 0 Å². The van der Waals surface area contributed by atoms with Gasteiger partial charge in [-0.25, -0.2) is 4.79 Å². The Bertz CT molecular complexity index is 543. The molecule has 1 fully saturated rings. The number of nitrogens with zero attached hydrogens (tertiary/aromatic N) is 2. The first-order valence-electron chi connectivity index (χ1n) is 5.59. The van der Waals surface area contributed by atoms with Crippen LogP contribution in [0.25, 0.3) is 0 Å². The third-order valence-electron chi connectivity index (χ3n) is 2.94. The van der Waals surface area contributed by atoms with E-state index in [9.17, 15) is 14.4 Å². The van der Waals surface area contributed by atoms with Gasteiger partial charge in [0.05, 0.1) is 30.5 Å². The van der Waals surface area contributed by atoms with Crippen LogP contribution in [0.2, 0.25) is 0 Å². The van der Waals surface area contributed by atoms with Crippen LogP contribution >= 0.6 is 0 Å². The van der Waals surface area contributed by atoms with Gasteiger partial charge in [-0.15, -0.1) is 0 Å². The van der Waals surface area contributed by atoms with Crippen LogP contribution in [0.15, 0.2) is 18.5 Å². The van der Waals surface area contributed by atoms with Crippen LogP contribution in [0.5, 0.6) is 0 Å². The number of methoxy groups -OCH3 is 1. The van der Waals surface area contributed by atoms with Crippen LogP contribution in [-0.4, -0.2) is 41.6 Å². The number of pyridine rings is 1. The van der Waals surface area contributed by atoms with Gasteiger partial charge in [0.15, 0.2) is 0 Å². The zero-order valence-corrected chi connectivity index (χ0v) is 10.2. The molecule has 7 nitrogen and oxygen atoms in total. The van der Waals surface area contributed by atoms with Crippen molar-refractivity contribution in [3.8, 4) is 0 Å². The van der Waals surface area contributed by atoms with Crippen LogP contribution in [0.1, 0.15) is 16.8 Å². The minimum Gasteiger partial charge on any atom is -0.478 e. The van der Waals surface area contributed by atoms with Gasteiger partial charge in [0.25, 0.3) is 0 Å². The van der Waals surface area contributed by atoms with Gasteiger partial charge in [-0.1, -0.05) is 0 Å². The third-order valence-corrected chi connectivity index (χ3v) is 2.94. The molecule has 1 N–H and O–H groups in total. The van der Waals surface area contributed by atoms with E-state index in [1.54, 1.807) is 0 Å². The summed E-state index contributed by atoms with van der Waals surface area (Å²) in [5.74, 6) is -2.34. The summed E-state index contributed by atoms with van der Waals surface area (Å²) in [5.41, 5.74) is 0.364. The molecule has 1 saturated heterocycles. The molecule has 1 aromatic rings. The highest BCUT2D eigenvalue weighted by molar-refractivity contribution is 6.00. The average molecular weight is 264 g/mol. The van der Waals surface area contributed by atoms with E-state index in [-0.39, 0.29) is 24.4 Å². The summed E-state index contributed by atoms with van der Waals surface area (Å²) in [4.78, 5) is 39.2. The average Bonchev–Trinajstić information content (AvgIpc) is 2.80. The van der Waals surface area contributed by atoms with Crippen molar-refractivity contribution in [1.29, 1.82) is 0 Å². The van der Waals surface area contributed by atoms with E-state index >= 15 is 0 Å². The van der Waals surface area contributed by atoms with Gasteiger partial charge in [0.1, 0.15) is 0 Å². The number of hydrogen-bond acceptors (Lipinski definition) is 5. The zero-order chi connectivity index (χ0) is 14.0. The Morgan fingerprint density at radius 1 is 1.47 bits per heavy atom. The van der Waals surface area contributed by atoms with Crippen LogP contribution in [-0.2, 0) is 14.3 Å². The summed E-state index contributed by atoms with van der Waals surface area (Å²) in [7, 11) is 1.27. The van der Waals surface area contributed by atoms with Crippen molar-refractivity contribution in [2.45, 2.75) is 6.42 Å². The summed E-state index contributed by atoms with van der Waals surface area (Å²) < 4.78 is 4.60. The number of hydrogen-bond donors (Lipinski definition) is 1. The standard InChI is InChI=1S/C12H12N2O5/c1-19-12(18)8-3-10(15)14(6-8)9-2-7(11(16)17)4-13-5-9/h2,4-5,8H,3,6H2,1H3,(H,16,17). The Balaban J connectivity index is 2.23. The molecule has 100 valence electrons. The van der Waals surface area contributed by atoms with Gasteiger partial charge in [0, 0.05) is 19.2 Å². The molecule has 1 aromatic heterocycles. The Hall–Kier alpha value is -2.44. The Kier molecular flexibility index (Phi) is 3.46. The molecule has 0 saturated carbocycles. The second-order valence-electron chi connectivity index (χ2n) is 4.17. The topological polar surface area (TPSA) is 96.8 Å². The number of anilines is 1. The maximum absolute atomic E-state index is 11.8. The van der Waals surface area contributed by atoms with E-state index in [2.05, 4.69) is 9.72 Å². The number of carboxylic acid groups (broad SMARTS) is 1. The highest BCUT2D eigenvalue weighted by Crippen LogP contribution is 2.25. The van der Waals surface area contributed by atoms with E-state index in [1.165, 1.54) is 30.5 Å². The van der Waals surface area contributed by atoms with Crippen molar-refractivity contribution in [3.63, 3.8) is 0 Å². The molecule has 0 spiro atoms. The molecule has 2 rings (SSSR count). The molecule has 1 atom stereocenters. The van der Waals surface area contributed by atoms with Crippen molar-refractivity contribution < 1.29 is 24.2 Å². The Labute approximate surface area is 108 Å². The van der Waals surface area contributed by atoms with Gasteiger partial charge in [-0.05, 0) is 6.07 Å². The predicted octanol–water partition coefficient (Wildman–Crippen LogP) is 0.306. The first-order valence-corrected chi connectivity index (χ1v) is 5.59. The highest BCUT2D eigenvalue weighted by Gasteiger charge is 2.36. The number of amides is 1. The lowest BCUT2D eigenvalue weighted by molar-refractivity contribution is -0.145. The third kappa shape index (κ3) is 2.54. The highest BCUT2D eigenvalue weighted by atomic mass is 16.5. The lowest BCUT2D eigenvalue weighted by atomic mass is 10.1. The molecular weight excluding hydrogens is 252 g/mol. The molecule has 7 heteroatoms. The van der Waals surface area contributed by atoms with Gasteiger partial charge >= 0.3 is 11.9 Å². The second-order valence-corrected chi connectivity index (χ2v) is 4.17. The van der Waals surface area contributed by atoms with Gasteiger partial charge in [0.2, 0.25) is 5.91 Å². The SMILES string of the molecule is COC(=O)C1CC(=O)N(c2cncc(C(=O)O)c2)C1. The smallest absolute Gasteiger partial charge is 0.337 e. The fraction of sp³-hybridized carbons (Fsp3) is 0.333. The minimum atomic E-state index is -1.12. The van der Waals surface area contributed by atoms with Crippen LogP contribution in [0.3, 0.4) is 0 Å². The molecule has 0 radical (unpaired) electrons. The van der Waals surface area contributed by atoms with Crippen molar-refractivity contribution in [1.82, 2.24) is 4.98 Å². The molecule has 19 heavy (non-hydrogen) atoms. The molecule has 1 aliphatic heterocycles. The maximum Gasteiger partial charge on any atom is 0.337 e. The summed E-state index contributed by atoms with van der Waals surface area (Å²) in [5, 5.41) is 8.88. The largest absolute Gasteiger partial charge is 0.478 e. The molecule has 0 bridgehead atoms. The number of carbonyl (C=O) groups is 3. The fourth-order valence-electron chi connectivity index (χ4n) is 1.97. The lowest BCUT2D eigenvalue weighted by Crippen LogP contribution is -2.26. The van der Waals surface area contributed by atoms with E-state index < -0.39 is 17.9 Å². The summed E-state index contributed by atoms with van der Waals surface area (Å²) in [6, 6.07) is 1.35. The van der Waals surface area contributed by atoms with Crippen molar-refractivity contribution in [3.05, 3.63) is 24.0 Å². The van der Waals surface area contributed by atoms with Crippen molar-refractivity contribution in [2.75, 3.05) is 18.6 Å². The molecule has 2 heterocycles. The van der Waals surface area contributed by atoms with Crippen LogP contribution in [0, 0.1) is 5.92 Å². The second kappa shape index (κ2) is 5.05. The quantitative estimate of drug-likeness (QED) is 0.789. The molecule has 1 unspecified atom stereocenters. The van der Waals surface area contributed by atoms with E-state index in [4.69, 9.17) is 5.11 Å². The minimum absolute atomic E-state index is 0.00758. The van der Waals surface area contributed by atoms with E-state index in [1.807, 2.05) is 0 Å². The maximum atomic E-state index is 11.8. The van der Waals surface area contributed by atoms with Gasteiger partial charge in [-0.3, -0.25) is 14.6 Å². The molecule has 1 aliphatic rings. The first kappa shape index (κ1) is 13.0. The molecule has 0 aromatic carbocycles. The summed E-state index contributed by atoms with van der Waals surface area (Å²) in [6.07, 6.45) is 2.65. The van der Waals surface area contributed by atoms with E-state index in [0.29, 0.717) is 5.69 Å². The van der Waals surface area contributed by atoms with Gasteiger partial charge < -0.3 is 14.7 Å². The summed E-state index contributed by atoms with van der Waals surface area (Å²) in [6.45, 7) is 0.177. The van der Waals surface area contributed by atoms with Crippen molar-refractivity contribution in [2.24, 2.45) is 5.92 Å².